The molecule has 0 saturated carbocycles. The minimum absolute atomic E-state index is 0.0871. The van der Waals surface area contributed by atoms with Gasteiger partial charge in [-0.1, -0.05) is 36.4 Å². The molecule has 0 saturated heterocycles. The van der Waals surface area contributed by atoms with Crippen LogP contribution in [0.3, 0.4) is 0 Å². The maximum Gasteiger partial charge on any atom is 0.294 e. The first-order valence-electron chi connectivity index (χ1n) is 8.60. The first-order valence-corrected chi connectivity index (χ1v) is 12.9. The molecule has 0 spiro atoms. The Bertz CT molecular complexity index is 1270. The lowest BCUT2D eigenvalue weighted by molar-refractivity contribution is 0.125. The van der Waals surface area contributed by atoms with Crippen LogP contribution in [0.4, 0.5) is 0 Å². The molecule has 10 nitrogen and oxygen atoms in total. The second-order valence-electron chi connectivity index (χ2n) is 6.71. The number of rotatable bonds is 6. The van der Waals surface area contributed by atoms with Crippen LogP contribution in [0.1, 0.15) is 16.7 Å². The summed E-state index contributed by atoms with van der Waals surface area (Å²) in [5.41, 5.74) is -1.79. The van der Waals surface area contributed by atoms with Gasteiger partial charge in [-0.25, -0.2) is 0 Å². The molecule has 0 aliphatic rings. The minimum atomic E-state index is -4.51. The Morgan fingerprint density at radius 3 is 0.781 bits per heavy atom. The van der Waals surface area contributed by atoms with Crippen LogP contribution < -0.4 is 0 Å². The second kappa shape index (κ2) is 8.04. The number of aliphatic hydroxyl groups is 1. The minimum Gasteiger partial charge on any atom is -0.376 e. The van der Waals surface area contributed by atoms with Crippen LogP contribution in [0.25, 0.3) is 0 Å². The zero-order chi connectivity index (χ0) is 23.9. The molecule has 0 radical (unpaired) electrons. The Morgan fingerprint density at radius 2 is 0.625 bits per heavy atom. The van der Waals surface area contributed by atoms with Crippen LogP contribution in [-0.2, 0) is 36.0 Å². The van der Waals surface area contributed by atoms with E-state index in [2.05, 4.69) is 0 Å². The van der Waals surface area contributed by atoms with Crippen molar-refractivity contribution < 1.29 is 44.0 Å². The molecule has 0 aliphatic heterocycles. The van der Waals surface area contributed by atoms with E-state index in [1.165, 1.54) is 36.4 Å². The molecule has 13 heteroatoms. The van der Waals surface area contributed by atoms with Crippen molar-refractivity contribution >= 4 is 30.4 Å². The van der Waals surface area contributed by atoms with E-state index in [0.29, 0.717) is 0 Å². The van der Waals surface area contributed by atoms with Gasteiger partial charge in [0.25, 0.3) is 30.4 Å². The quantitative estimate of drug-likeness (QED) is 0.287. The van der Waals surface area contributed by atoms with Crippen LogP contribution in [0.15, 0.2) is 87.5 Å². The largest absolute Gasteiger partial charge is 0.376 e. The van der Waals surface area contributed by atoms with Crippen molar-refractivity contribution in [1.82, 2.24) is 0 Å². The number of hydrogen-bond donors (Lipinski definition) is 4. The normalized spacial score (nSPS) is 13.1. The van der Waals surface area contributed by atoms with Crippen molar-refractivity contribution in [2.45, 2.75) is 20.3 Å². The predicted octanol–water partition coefficient (Wildman–Crippen LogP) is 1.71. The van der Waals surface area contributed by atoms with Crippen LogP contribution >= 0.6 is 0 Å². The van der Waals surface area contributed by atoms with Crippen LogP contribution in [0.2, 0.25) is 0 Å². The third kappa shape index (κ3) is 4.73. The Balaban J connectivity index is 2.23. The topological polar surface area (TPSA) is 183 Å². The molecular weight excluding hydrogens is 484 g/mol. The van der Waals surface area contributed by atoms with Gasteiger partial charge in [0.15, 0.2) is 0 Å². The molecule has 4 N–H and O–H groups in total. The third-order valence-electron chi connectivity index (χ3n) is 4.71. The highest BCUT2D eigenvalue weighted by molar-refractivity contribution is 7.86. The van der Waals surface area contributed by atoms with E-state index in [0.717, 1.165) is 36.4 Å². The van der Waals surface area contributed by atoms with Gasteiger partial charge in [0, 0.05) is 0 Å². The van der Waals surface area contributed by atoms with Crippen molar-refractivity contribution in [3.8, 4) is 0 Å². The summed E-state index contributed by atoms with van der Waals surface area (Å²) in [6, 6.07) is 13.4. The summed E-state index contributed by atoms with van der Waals surface area (Å²) >= 11 is 0. The molecule has 0 amide bonds. The molecule has 0 fully saturated rings. The van der Waals surface area contributed by atoms with E-state index in [-0.39, 0.29) is 16.7 Å². The summed E-state index contributed by atoms with van der Waals surface area (Å²) in [5.74, 6) is 0. The maximum atomic E-state index is 11.7. The first-order chi connectivity index (χ1) is 14.6. The highest BCUT2D eigenvalue weighted by atomic mass is 32.2. The van der Waals surface area contributed by atoms with Gasteiger partial charge in [-0.3, -0.25) is 13.7 Å². The van der Waals surface area contributed by atoms with Gasteiger partial charge in [0.05, 0.1) is 14.7 Å². The predicted molar refractivity (Wildman–Crippen MR) is 111 cm³/mol. The van der Waals surface area contributed by atoms with Gasteiger partial charge in [-0.15, -0.1) is 0 Å². The average Bonchev–Trinajstić information content (AvgIpc) is 2.71. The Labute approximate surface area is 184 Å². The van der Waals surface area contributed by atoms with Crippen molar-refractivity contribution in [3.05, 3.63) is 89.5 Å². The zero-order valence-electron chi connectivity index (χ0n) is 15.9. The molecule has 0 atom stereocenters. The summed E-state index contributed by atoms with van der Waals surface area (Å²) in [6.07, 6.45) is 0. The molecule has 3 rings (SSSR count). The maximum absolute atomic E-state index is 11.7. The Kier molecular flexibility index (Phi) is 6.03. The standard InChI is InChI=1S/C19H16O10S3/c20-19(13-1-7-16(8-2-13)30(21,22)23,14-3-9-17(10-4-14)31(24,25)26)15-5-11-18(12-6-15)32(27,28)29/h1-12,20H,(H,21,22,23)(H,24,25,26)(H,27,28,29). The smallest absolute Gasteiger partial charge is 0.294 e. The lowest BCUT2D eigenvalue weighted by Crippen LogP contribution is -2.29. The van der Waals surface area contributed by atoms with Crippen LogP contribution in [0.5, 0.6) is 0 Å². The molecule has 3 aromatic carbocycles. The van der Waals surface area contributed by atoms with Gasteiger partial charge in [0.1, 0.15) is 5.60 Å². The van der Waals surface area contributed by atoms with Gasteiger partial charge in [-0.05, 0) is 53.1 Å². The van der Waals surface area contributed by atoms with Crippen LogP contribution in [-0.4, -0.2) is 44.0 Å². The Hall–Kier alpha value is -2.65. The monoisotopic (exact) mass is 500 g/mol. The highest BCUT2D eigenvalue weighted by Gasteiger charge is 2.34. The highest BCUT2D eigenvalue weighted by Crippen LogP contribution is 2.37. The molecule has 32 heavy (non-hydrogen) atoms. The van der Waals surface area contributed by atoms with Crippen molar-refractivity contribution in [2.24, 2.45) is 0 Å². The zero-order valence-corrected chi connectivity index (χ0v) is 18.3. The van der Waals surface area contributed by atoms with Crippen molar-refractivity contribution in [1.29, 1.82) is 0 Å². The molecule has 0 heterocycles. The second-order valence-corrected chi connectivity index (χ2v) is 11.0. The number of benzene rings is 3. The van der Waals surface area contributed by atoms with Gasteiger partial charge < -0.3 is 5.11 Å². The number of hydrogen-bond acceptors (Lipinski definition) is 7. The Morgan fingerprint density at radius 1 is 0.438 bits per heavy atom. The molecule has 3 aromatic rings. The molecule has 170 valence electrons. The lowest BCUT2D eigenvalue weighted by atomic mass is 9.80. The summed E-state index contributed by atoms with van der Waals surface area (Å²) in [5, 5.41) is 11.7. The van der Waals surface area contributed by atoms with Crippen molar-refractivity contribution in [3.63, 3.8) is 0 Å². The van der Waals surface area contributed by atoms with Crippen LogP contribution in [0, 0.1) is 0 Å². The van der Waals surface area contributed by atoms with Gasteiger partial charge in [0.2, 0.25) is 0 Å². The van der Waals surface area contributed by atoms with E-state index in [1.807, 2.05) is 0 Å². The molecule has 0 unspecified atom stereocenters. The fraction of sp³-hybridized carbons (Fsp3) is 0.0526. The van der Waals surface area contributed by atoms with Gasteiger partial charge in [-0.2, -0.15) is 25.3 Å². The van der Waals surface area contributed by atoms with Crippen molar-refractivity contribution in [2.75, 3.05) is 0 Å². The molecule has 0 bridgehead atoms. The summed E-state index contributed by atoms with van der Waals surface area (Å²) < 4.78 is 95.5. The van der Waals surface area contributed by atoms with E-state index in [4.69, 9.17) is 0 Å². The fourth-order valence-electron chi connectivity index (χ4n) is 3.10. The summed E-state index contributed by atoms with van der Waals surface area (Å²) in [7, 11) is -13.5. The average molecular weight is 501 g/mol. The summed E-state index contributed by atoms with van der Waals surface area (Å²) in [6.45, 7) is 0. The lowest BCUT2D eigenvalue weighted by Gasteiger charge is -2.30. The molecule has 0 aliphatic carbocycles. The van der Waals surface area contributed by atoms with E-state index in [9.17, 15) is 44.0 Å². The first kappa shape index (κ1) is 24.0. The van der Waals surface area contributed by atoms with E-state index < -0.39 is 50.6 Å². The third-order valence-corrected chi connectivity index (χ3v) is 7.31. The summed E-state index contributed by atoms with van der Waals surface area (Å²) in [4.78, 5) is -1.31. The van der Waals surface area contributed by atoms with E-state index in [1.54, 1.807) is 0 Å². The SMILES string of the molecule is O=S(=O)(O)c1ccc(C(O)(c2ccc(S(=O)(=O)O)cc2)c2ccc(S(=O)(=O)O)cc2)cc1. The van der Waals surface area contributed by atoms with Gasteiger partial charge >= 0.3 is 0 Å². The van der Waals surface area contributed by atoms with E-state index >= 15 is 0 Å². The molecular formula is C19H16O10S3. The molecule has 0 aromatic heterocycles. The fourth-order valence-corrected chi connectivity index (χ4v) is 4.54.